The van der Waals surface area contributed by atoms with Gasteiger partial charge in [-0.1, -0.05) is 11.6 Å². The van der Waals surface area contributed by atoms with Crippen LogP contribution in [0, 0.1) is 26.8 Å². The van der Waals surface area contributed by atoms with Gasteiger partial charge in [-0.05, 0) is 5.43 Å². The SMILES string of the molecule is N#Cc1cc([N+](=O)[O-])cc(Cl)c1N[N+]#N. The largest absolute Gasteiger partial charge is 0.308 e. The van der Waals surface area contributed by atoms with E-state index in [1.54, 1.807) is 6.07 Å². The molecule has 0 radical (unpaired) electrons. The molecule has 1 aromatic rings. The van der Waals surface area contributed by atoms with Crippen LogP contribution >= 0.6 is 11.6 Å². The van der Waals surface area contributed by atoms with Gasteiger partial charge in [-0.3, -0.25) is 10.1 Å². The summed E-state index contributed by atoms with van der Waals surface area (Å²) in [5.41, 5.74) is 1.70. The predicted molar refractivity (Wildman–Crippen MR) is 51.5 cm³/mol. The van der Waals surface area contributed by atoms with Crippen LogP contribution in [-0.2, 0) is 0 Å². The van der Waals surface area contributed by atoms with Crippen LogP contribution in [0.25, 0.3) is 5.08 Å². The zero-order chi connectivity index (χ0) is 11.4. The van der Waals surface area contributed by atoms with E-state index in [0.717, 1.165) is 12.1 Å². The molecule has 0 aliphatic carbocycles. The molecule has 0 unspecified atom stereocenters. The lowest BCUT2D eigenvalue weighted by molar-refractivity contribution is -0.384. The Hall–Kier alpha value is -2.38. The number of diazo groups is 1. The number of nitrogens with one attached hydrogen (secondary N) is 1. The molecule has 0 amide bonds. The van der Waals surface area contributed by atoms with Crippen molar-refractivity contribution in [3.63, 3.8) is 0 Å². The highest BCUT2D eigenvalue weighted by Crippen LogP contribution is 2.30. The van der Waals surface area contributed by atoms with Gasteiger partial charge in [-0.2, -0.15) is 5.26 Å². The molecule has 0 aliphatic rings. The molecule has 0 aliphatic heterocycles. The average Bonchev–Trinajstić information content (AvgIpc) is 2.20. The first-order chi connectivity index (χ1) is 7.10. The van der Waals surface area contributed by atoms with Crippen molar-refractivity contribution in [3.05, 3.63) is 37.9 Å². The molecule has 1 N–H and O–H groups in total. The Bertz CT molecular complexity index is 501. The number of nitriles is 1. The lowest BCUT2D eigenvalue weighted by Crippen LogP contribution is -1.94. The Morgan fingerprint density at radius 1 is 1.60 bits per heavy atom. The van der Waals surface area contributed by atoms with Gasteiger partial charge in [-0.15, -0.1) is 0 Å². The number of nitro groups is 1. The van der Waals surface area contributed by atoms with E-state index in [2.05, 4.69) is 10.5 Å². The molecular weight excluding hydrogens is 222 g/mol. The van der Waals surface area contributed by atoms with Crippen molar-refractivity contribution in [1.82, 2.24) is 0 Å². The maximum atomic E-state index is 10.4. The first-order valence-electron chi connectivity index (χ1n) is 3.58. The molecule has 0 atom stereocenters. The lowest BCUT2D eigenvalue weighted by Gasteiger charge is -1.98. The number of halogens is 1. The second-order valence-corrected chi connectivity index (χ2v) is 2.84. The molecule has 1 aromatic carbocycles. The molecule has 0 aromatic heterocycles. The van der Waals surface area contributed by atoms with Gasteiger partial charge in [0.25, 0.3) is 11.1 Å². The normalized spacial score (nSPS) is 8.73. The quantitative estimate of drug-likeness (QED) is 0.471. The van der Waals surface area contributed by atoms with Crippen LogP contribution in [0.5, 0.6) is 0 Å². The number of hydrogen-bond donors (Lipinski definition) is 1. The highest BCUT2D eigenvalue weighted by molar-refractivity contribution is 6.33. The molecule has 0 heterocycles. The smallest absolute Gasteiger partial charge is 0.258 e. The fourth-order valence-electron chi connectivity index (χ4n) is 0.950. The van der Waals surface area contributed by atoms with Gasteiger partial charge >= 0.3 is 5.08 Å². The van der Waals surface area contributed by atoms with E-state index >= 15 is 0 Å². The average molecular weight is 225 g/mol. The number of nitro benzene ring substituents is 1. The maximum absolute atomic E-state index is 10.4. The minimum atomic E-state index is -0.674. The molecule has 1 rings (SSSR count). The molecule has 0 fully saturated rings. The van der Waals surface area contributed by atoms with Crippen molar-refractivity contribution in [2.24, 2.45) is 0 Å². The summed E-state index contributed by atoms with van der Waals surface area (Å²) in [5.74, 6) is 0. The number of rotatable bonds is 2. The number of non-ortho nitro benzene ring substituents is 1. The lowest BCUT2D eigenvalue weighted by atomic mass is 10.2. The molecule has 15 heavy (non-hydrogen) atoms. The van der Waals surface area contributed by atoms with Crippen LogP contribution in [-0.4, -0.2) is 4.92 Å². The van der Waals surface area contributed by atoms with E-state index in [0.29, 0.717) is 0 Å². The van der Waals surface area contributed by atoms with Crippen LogP contribution in [0.15, 0.2) is 12.1 Å². The zero-order valence-electron chi connectivity index (χ0n) is 7.14. The third-order valence-corrected chi connectivity index (χ3v) is 1.87. The van der Waals surface area contributed by atoms with E-state index in [9.17, 15) is 10.1 Å². The van der Waals surface area contributed by atoms with E-state index < -0.39 is 4.92 Å². The third-order valence-electron chi connectivity index (χ3n) is 1.57. The van der Waals surface area contributed by atoms with Gasteiger partial charge in [0.15, 0.2) is 5.69 Å². The van der Waals surface area contributed by atoms with E-state index in [4.69, 9.17) is 22.3 Å². The van der Waals surface area contributed by atoms with E-state index in [1.165, 1.54) is 0 Å². The van der Waals surface area contributed by atoms with Crippen LogP contribution in [0.3, 0.4) is 0 Å². The van der Waals surface area contributed by atoms with E-state index in [-0.39, 0.29) is 22.0 Å². The molecular formula is C7H3ClN5O2+. The first kappa shape index (κ1) is 10.7. The number of hydrogen-bond acceptors (Lipinski definition) is 5. The van der Waals surface area contributed by atoms with Gasteiger partial charge in [0.1, 0.15) is 6.07 Å². The van der Waals surface area contributed by atoms with Gasteiger partial charge in [0.2, 0.25) is 0 Å². The fourth-order valence-corrected chi connectivity index (χ4v) is 1.21. The highest BCUT2D eigenvalue weighted by Gasteiger charge is 2.18. The summed E-state index contributed by atoms with van der Waals surface area (Å²) in [5, 5.41) is 29.9. The number of benzene rings is 1. The number of anilines is 1. The van der Waals surface area contributed by atoms with E-state index in [1.807, 2.05) is 0 Å². The summed E-state index contributed by atoms with van der Waals surface area (Å²) in [6.07, 6.45) is 0. The summed E-state index contributed by atoms with van der Waals surface area (Å²) < 4.78 is 0. The molecule has 0 saturated carbocycles. The summed E-state index contributed by atoms with van der Waals surface area (Å²) in [6.45, 7) is 0. The van der Waals surface area contributed by atoms with Crippen molar-refractivity contribution < 1.29 is 4.92 Å². The van der Waals surface area contributed by atoms with Gasteiger partial charge in [-0.25, -0.2) is 0 Å². The van der Waals surface area contributed by atoms with Crippen molar-refractivity contribution in [2.45, 2.75) is 0 Å². The molecule has 8 heteroatoms. The van der Waals surface area contributed by atoms with Crippen LogP contribution in [0.1, 0.15) is 5.56 Å². The number of nitrogens with zero attached hydrogens (tertiary/aromatic N) is 4. The van der Waals surface area contributed by atoms with Crippen molar-refractivity contribution in [3.8, 4) is 6.07 Å². The molecule has 7 nitrogen and oxygen atoms in total. The maximum Gasteiger partial charge on any atom is 0.308 e. The van der Waals surface area contributed by atoms with Crippen LogP contribution < -0.4 is 5.43 Å². The molecule has 0 saturated heterocycles. The molecule has 0 spiro atoms. The first-order valence-corrected chi connectivity index (χ1v) is 3.96. The third kappa shape index (κ3) is 2.10. The van der Waals surface area contributed by atoms with Gasteiger partial charge in [0.05, 0.1) is 15.5 Å². The predicted octanol–water partition coefficient (Wildman–Crippen LogP) is 2.30. The minimum absolute atomic E-state index is 0.0206. The van der Waals surface area contributed by atoms with Crippen LogP contribution in [0.2, 0.25) is 5.02 Å². The van der Waals surface area contributed by atoms with Crippen molar-refractivity contribution in [1.29, 1.82) is 10.7 Å². The summed E-state index contributed by atoms with van der Waals surface area (Å²) in [7, 11) is 0. The monoisotopic (exact) mass is 224 g/mol. The van der Waals surface area contributed by atoms with Crippen molar-refractivity contribution in [2.75, 3.05) is 5.43 Å². The topological polar surface area (TPSA) is 107 Å². The molecule has 74 valence electrons. The van der Waals surface area contributed by atoms with Gasteiger partial charge < -0.3 is 0 Å². The van der Waals surface area contributed by atoms with Crippen molar-refractivity contribution >= 4 is 23.0 Å². The highest BCUT2D eigenvalue weighted by atomic mass is 35.5. The standard InChI is InChI=1S/C7H3ClN5O2/c8-6-2-5(13(14)15)1-4(3-9)7(6)11-12-10/h1-2,11H/q+1. The second-order valence-electron chi connectivity index (χ2n) is 2.43. The zero-order valence-corrected chi connectivity index (χ0v) is 7.89. The fraction of sp³-hybridized carbons (Fsp3) is 0. The summed E-state index contributed by atoms with van der Waals surface area (Å²) in [4.78, 5) is 9.76. The Labute approximate surface area is 88.6 Å². The Morgan fingerprint density at radius 3 is 2.73 bits per heavy atom. The van der Waals surface area contributed by atoms with Gasteiger partial charge in [0, 0.05) is 12.1 Å². The summed E-state index contributed by atoms with van der Waals surface area (Å²) >= 11 is 5.65. The Balaban J connectivity index is 3.40. The van der Waals surface area contributed by atoms with Crippen LogP contribution in [0.4, 0.5) is 11.4 Å². The minimum Gasteiger partial charge on any atom is -0.258 e. The molecule has 0 bridgehead atoms. The summed E-state index contributed by atoms with van der Waals surface area (Å²) in [6, 6.07) is 3.77. The second kappa shape index (κ2) is 4.22. The Morgan fingerprint density at radius 2 is 2.27 bits per heavy atom. The Kier molecular flexibility index (Phi) is 3.01.